The standard InChI is InChI=1S/C22H19N3O6/c1-3-29-22(27)20-19(23-25-24-20)18-15-7-5-4-6-13(15)8-10-16(18)30-12-14-9-11-17(31-14)21(26)28-2/h4-11H,3,12H2,1-2H3,(H,23,24,25). The van der Waals surface area contributed by atoms with Crippen LogP contribution in [0.4, 0.5) is 0 Å². The molecule has 0 radical (unpaired) electrons. The van der Waals surface area contributed by atoms with E-state index in [0.29, 0.717) is 22.8 Å². The van der Waals surface area contributed by atoms with E-state index in [1.807, 2.05) is 30.3 Å². The Morgan fingerprint density at radius 2 is 1.87 bits per heavy atom. The largest absolute Gasteiger partial charge is 0.485 e. The molecule has 0 aliphatic carbocycles. The molecule has 2 aromatic carbocycles. The first-order valence-electron chi connectivity index (χ1n) is 9.52. The number of nitrogens with one attached hydrogen (secondary N) is 1. The number of hydrogen-bond donors (Lipinski definition) is 1. The van der Waals surface area contributed by atoms with Gasteiger partial charge in [-0.1, -0.05) is 30.3 Å². The van der Waals surface area contributed by atoms with Crippen LogP contribution in [0.1, 0.15) is 33.7 Å². The molecule has 4 rings (SSSR count). The number of esters is 2. The SMILES string of the molecule is CCOC(=O)c1n[nH]nc1-c1c(OCc2ccc(C(=O)OC)o2)ccc2ccccc12. The zero-order chi connectivity index (χ0) is 21.8. The number of ether oxygens (including phenoxy) is 3. The van der Waals surface area contributed by atoms with Gasteiger partial charge in [0.15, 0.2) is 5.69 Å². The van der Waals surface area contributed by atoms with Crippen molar-refractivity contribution in [3.05, 3.63) is 65.7 Å². The smallest absolute Gasteiger partial charge is 0.373 e. The lowest BCUT2D eigenvalue weighted by Crippen LogP contribution is -2.07. The minimum atomic E-state index is -0.584. The fourth-order valence-electron chi connectivity index (χ4n) is 3.18. The molecule has 9 heteroatoms. The fourth-order valence-corrected chi connectivity index (χ4v) is 3.18. The van der Waals surface area contributed by atoms with Gasteiger partial charge in [-0.3, -0.25) is 0 Å². The second-order valence-corrected chi connectivity index (χ2v) is 6.45. The molecule has 2 heterocycles. The van der Waals surface area contributed by atoms with E-state index < -0.39 is 11.9 Å². The summed E-state index contributed by atoms with van der Waals surface area (Å²) in [4.78, 5) is 24.0. The molecule has 0 aliphatic heterocycles. The van der Waals surface area contributed by atoms with Gasteiger partial charge in [-0.15, -0.1) is 5.10 Å². The Hall–Kier alpha value is -4.14. The van der Waals surface area contributed by atoms with Crippen LogP contribution >= 0.6 is 0 Å². The van der Waals surface area contributed by atoms with Crippen molar-refractivity contribution in [1.29, 1.82) is 0 Å². The Morgan fingerprint density at radius 3 is 2.68 bits per heavy atom. The summed E-state index contributed by atoms with van der Waals surface area (Å²) >= 11 is 0. The molecule has 0 unspecified atom stereocenters. The third kappa shape index (κ3) is 3.97. The quantitative estimate of drug-likeness (QED) is 0.448. The number of H-pyrrole nitrogens is 1. The Kier molecular flexibility index (Phi) is 5.65. The van der Waals surface area contributed by atoms with Crippen LogP contribution < -0.4 is 4.74 Å². The number of aromatic amines is 1. The Morgan fingerprint density at radius 1 is 1.03 bits per heavy atom. The second kappa shape index (κ2) is 8.70. The summed E-state index contributed by atoms with van der Waals surface area (Å²) in [6.07, 6.45) is 0. The Labute approximate surface area is 176 Å². The number of benzene rings is 2. The molecule has 0 spiro atoms. The highest BCUT2D eigenvalue weighted by molar-refractivity contribution is 6.04. The average molecular weight is 421 g/mol. The van der Waals surface area contributed by atoms with Crippen molar-refractivity contribution in [1.82, 2.24) is 15.4 Å². The summed E-state index contributed by atoms with van der Waals surface area (Å²) in [7, 11) is 1.28. The summed E-state index contributed by atoms with van der Waals surface area (Å²) in [6, 6.07) is 14.5. The van der Waals surface area contributed by atoms with Crippen molar-refractivity contribution in [3.8, 4) is 17.0 Å². The van der Waals surface area contributed by atoms with E-state index in [2.05, 4.69) is 20.1 Å². The number of hydrogen-bond acceptors (Lipinski definition) is 8. The van der Waals surface area contributed by atoms with E-state index in [-0.39, 0.29) is 24.7 Å². The fraction of sp³-hybridized carbons (Fsp3) is 0.182. The summed E-state index contributed by atoms with van der Waals surface area (Å²) in [5, 5.41) is 12.4. The highest BCUT2D eigenvalue weighted by Gasteiger charge is 2.24. The maximum Gasteiger partial charge on any atom is 0.373 e. The third-order valence-corrected chi connectivity index (χ3v) is 4.56. The molecule has 0 amide bonds. The minimum Gasteiger partial charge on any atom is -0.485 e. The van der Waals surface area contributed by atoms with E-state index in [9.17, 15) is 9.59 Å². The van der Waals surface area contributed by atoms with Crippen LogP contribution in [-0.2, 0) is 16.1 Å². The van der Waals surface area contributed by atoms with Crippen LogP contribution in [-0.4, -0.2) is 41.1 Å². The Balaban J connectivity index is 1.73. The predicted molar refractivity (Wildman–Crippen MR) is 110 cm³/mol. The number of fused-ring (bicyclic) bond motifs is 1. The molecule has 0 saturated heterocycles. The van der Waals surface area contributed by atoms with Crippen molar-refractivity contribution in [2.45, 2.75) is 13.5 Å². The van der Waals surface area contributed by atoms with Crippen LogP contribution in [0.25, 0.3) is 22.0 Å². The molecule has 1 N–H and O–H groups in total. The molecule has 4 aromatic rings. The molecule has 0 atom stereocenters. The van der Waals surface area contributed by atoms with Gasteiger partial charge in [0.1, 0.15) is 23.8 Å². The van der Waals surface area contributed by atoms with Gasteiger partial charge in [-0.05, 0) is 35.9 Å². The molecule has 2 aromatic heterocycles. The summed E-state index contributed by atoms with van der Waals surface area (Å²) in [5.41, 5.74) is 0.976. The van der Waals surface area contributed by atoms with Gasteiger partial charge in [0.25, 0.3) is 0 Å². The molecular weight excluding hydrogens is 402 g/mol. The van der Waals surface area contributed by atoms with Gasteiger partial charge in [-0.25, -0.2) is 9.59 Å². The maximum absolute atomic E-state index is 12.4. The number of nitrogens with zero attached hydrogens (tertiary/aromatic N) is 2. The first-order valence-corrected chi connectivity index (χ1v) is 9.52. The lowest BCUT2D eigenvalue weighted by molar-refractivity contribution is 0.0518. The zero-order valence-corrected chi connectivity index (χ0v) is 16.9. The summed E-state index contributed by atoms with van der Waals surface area (Å²) in [5.74, 6) is -0.168. The molecule has 9 nitrogen and oxygen atoms in total. The van der Waals surface area contributed by atoms with Gasteiger partial charge in [-0.2, -0.15) is 10.3 Å². The zero-order valence-electron chi connectivity index (χ0n) is 16.9. The topological polar surface area (TPSA) is 117 Å². The molecule has 158 valence electrons. The Bertz CT molecular complexity index is 1240. The van der Waals surface area contributed by atoms with Gasteiger partial charge in [0.2, 0.25) is 5.76 Å². The molecule has 0 saturated carbocycles. The average Bonchev–Trinajstić information content (AvgIpc) is 3.46. The number of carbonyl (C=O) groups is 2. The van der Waals surface area contributed by atoms with Gasteiger partial charge < -0.3 is 18.6 Å². The number of furan rings is 1. The number of carbonyl (C=O) groups excluding carboxylic acids is 2. The van der Waals surface area contributed by atoms with Crippen molar-refractivity contribution in [2.24, 2.45) is 0 Å². The van der Waals surface area contributed by atoms with E-state index in [4.69, 9.17) is 13.9 Å². The number of methoxy groups -OCH3 is 1. The van der Waals surface area contributed by atoms with E-state index >= 15 is 0 Å². The van der Waals surface area contributed by atoms with Crippen LogP contribution in [0.5, 0.6) is 5.75 Å². The lowest BCUT2D eigenvalue weighted by atomic mass is 10.00. The van der Waals surface area contributed by atoms with Crippen LogP contribution in [0.15, 0.2) is 52.9 Å². The van der Waals surface area contributed by atoms with E-state index in [1.165, 1.54) is 13.2 Å². The normalized spacial score (nSPS) is 10.8. The highest BCUT2D eigenvalue weighted by atomic mass is 16.5. The van der Waals surface area contributed by atoms with E-state index in [1.54, 1.807) is 19.1 Å². The van der Waals surface area contributed by atoms with Crippen LogP contribution in [0, 0.1) is 0 Å². The molecule has 0 fully saturated rings. The predicted octanol–water partition coefficient (Wildman–Crippen LogP) is 3.76. The summed E-state index contributed by atoms with van der Waals surface area (Å²) < 4.78 is 21.2. The molecule has 0 bridgehead atoms. The molecule has 31 heavy (non-hydrogen) atoms. The minimum absolute atomic E-state index is 0.0505. The first kappa shape index (κ1) is 20.1. The monoisotopic (exact) mass is 421 g/mol. The third-order valence-electron chi connectivity index (χ3n) is 4.56. The molecular formula is C22H19N3O6. The molecule has 0 aliphatic rings. The van der Waals surface area contributed by atoms with E-state index in [0.717, 1.165) is 10.8 Å². The van der Waals surface area contributed by atoms with Gasteiger partial charge in [0.05, 0.1) is 19.3 Å². The highest BCUT2D eigenvalue weighted by Crippen LogP contribution is 2.38. The number of aromatic nitrogens is 3. The summed E-state index contributed by atoms with van der Waals surface area (Å²) in [6.45, 7) is 1.98. The van der Waals surface area contributed by atoms with Crippen molar-refractivity contribution in [2.75, 3.05) is 13.7 Å². The lowest BCUT2D eigenvalue weighted by Gasteiger charge is -2.13. The maximum atomic E-state index is 12.4. The van der Waals surface area contributed by atoms with Crippen molar-refractivity contribution < 1.29 is 28.2 Å². The van der Waals surface area contributed by atoms with Gasteiger partial charge >= 0.3 is 11.9 Å². The van der Waals surface area contributed by atoms with Crippen molar-refractivity contribution in [3.63, 3.8) is 0 Å². The number of rotatable bonds is 7. The van der Waals surface area contributed by atoms with Crippen LogP contribution in [0.2, 0.25) is 0 Å². The van der Waals surface area contributed by atoms with Gasteiger partial charge in [0, 0.05) is 0 Å². The van der Waals surface area contributed by atoms with Crippen LogP contribution in [0.3, 0.4) is 0 Å². The first-order chi connectivity index (χ1) is 15.1. The van der Waals surface area contributed by atoms with Crippen molar-refractivity contribution >= 4 is 22.7 Å². The second-order valence-electron chi connectivity index (χ2n) is 6.45.